The van der Waals surface area contributed by atoms with Crippen LogP contribution >= 0.6 is 0 Å². The first-order valence-electron chi connectivity index (χ1n) is 5.90. The SMILES string of the molecule is C/C=C/COC(C)C(=O)c1ccc(C)c(C)c1. The Morgan fingerprint density at radius 2 is 2.06 bits per heavy atom. The Kier molecular flexibility index (Phi) is 5.11. The van der Waals surface area contributed by atoms with Gasteiger partial charge < -0.3 is 4.74 Å². The van der Waals surface area contributed by atoms with Crippen molar-refractivity contribution >= 4 is 5.78 Å². The van der Waals surface area contributed by atoms with Crippen molar-refractivity contribution in [1.82, 2.24) is 0 Å². The summed E-state index contributed by atoms with van der Waals surface area (Å²) in [5.41, 5.74) is 3.06. The summed E-state index contributed by atoms with van der Waals surface area (Å²) in [6.45, 7) is 8.25. The van der Waals surface area contributed by atoms with Gasteiger partial charge >= 0.3 is 0 Å². The molecule has 0 aromatic heterocycles. The van der Waals surface area contributed by atoms with Gasteiger partial charge in [0.2, 0.25) is 0 Å². The molecular weight excluding hydrogens is 212 g/mol. The van der Waals surface area contributed by atoms with Crippen LogP contribution in [0.2, 0.25) is 0 Å². The van der Waals surface area contributed by atoms with E-state index in [9.17, 15) is 4.79 Å². The molecule has 1 aromatic carbocycles. The van der Waals surface area contributed by atoms with Gasteiger partial charge in [-0.1, -0.05) is 24.3 Å². The first-order chi connectivity index (χ1) is 8.06. The summed E-state index contributed by atoms with van der Waals surface area (Å²) in [6, 6.07) is 5.76. The lowest BCUT2D eigenvalue weighted by atomic mass is 10.0. The van der Waals surface area contributed by atoms with Crippen LogP contribution in [0.15, 0.2) is 30.4 Å². The minimum Gasteiger partial charge on any atom is -0.366 e. The van der Waals surface area contributed by atoms with Crippen LogP contribution in [0.5, 0.6) is 0 Å². The number of benzene rings is 1. The van der Waals surface area contributed by atoms with Crippen LogP contribution in [-0.4, -0.2) is 18.5 Å². The van der Waals surface area contributed by atoms with Gasteiger partial charge in [-0.15, -0.1) is 0 Å². The second-order valence-electron chi connectivity index (χ2n) is 4.21. The molecule has 17 heavy (non-hydrogen) atoms. The fourth-order valence-electron chi connectivity index (χ4n) is 1.50. The van der Waals surface area contributed by atoms with Gasteiger partial charge in [-0.05, 0) is 44.9 Å². The predicted molar refractivity (Wildman–Crippen MR) is 70.5 cm³/mol. The summed E-state index contributed by atoms with van der Waals surface area (Å²) < 4.78 is 5.43. The quantitative estimate of drug-likeness (QED) is 0.574. The minimum atomic E-state index is -0.395. The molecule has 0 radical (unpaired) electrons. The van der Waals surface area contributed by atoms with E-state index >= 15 is 0 Å². The van der Waals surface area contributed by atoms with E-state index in [4.69, 9.17) is 4.74 Å². The average Bonchev–Trinajstić information content (AvgIpc) is 2.32. The van der Waals surface area contributed by atoms with Crippen molar-refractivity contribution < 1.29 is 9.53 Å². The van der Waals surface area contributed by atoms with Gasteiger partial charge in [-0.2, -0.15) is 0 Å². The molecule has 92 valence electrons. The van der Waals surface area contributed by atoms with Gasteiger partial charge in [0.05, 0.1) is 6.61 Å². The fourth-order valence-corrected chi connectivity index (χ4v) is 1.50. The first kappa shape index (κ1) is 13.7. The van der Waals surface area contributed by atoms with Gasteiger partial charge in [0.1, 0.15) is 6.10 Å². The lowest BCUT2D eigenvalue weighted by Gasteiger charge is -2.11. The maximum absolute atomic E-state index is 12.1. The van der Waals surface area contributed by atoms with E-state index < -0.39 is 6.10 Å². The number of rotatable bonds is 5. The Labute approximate surface area is 103 Å². The van der Waals surface area contributed by atoms with E-state index in [1.54, 1.807) is 6.92 Å². The van der Waals surface area contributed by atoms with E-state index in [2.05, 4.69) is 0 Å². The van der Waals surface area contributed by atoms with Crippen molar-refractivity contribution in [3.05, 3.63) is 47.0 Å². The maximum Gasteiger partial charge on any atom is 0.191 e. The van der Waals surface area contributed by atoms with E-state index in [0.717, 1.165) is 11.1 Å². The number of ether oxygens (including phenoxy) is 1. The van der Waals surface area contributed by atoms with Crippen LogP contribution in [-0.2, 0) is 4.74 Å². The number of carbonyl (C=O) groups excluding carboxylic acids is 1. The van der Waals surface area contributed by atoms with Gasteiger partial charge in [0, 0.05) is 5.56 Å². The summed E-state index contributed by atoms with van der Waals surface area (Å²) in [6.07, 6.45) is 3.41. The molecule has 0 fully saturated rings. The first-order valence-corrected chi connectivity index (χ1v) is 5.90. The van der Waals surface area contributed by atoms with Crippen LogP contribution in [0, 0.1) is 13.8 Å². The Balaban J connectivity index is 2.71. The van der Waals surface area contributed by atoms with Crippen LogP contribution < -0.4 is 0 Å². The highest BCUT2D eigenvalue weighted by molar-refractivity contribution is 5.99. The van der Waals surface area contributed by atoms with E-state index in [1.807, 2.05) is 51.1 Å². The third-order valence-electron chi connectivity index (χ3n) is 2.84. The van der Waals surface area contributed by atoms with Crippen LogP contribution in [0.25, 0.3) is 0 Å². The molecule has 1 unspecified atom stereocenters. The fraction of sp³-hybridized carbons (Fsp3) is 0.400. The van der Waals surface area contributed by atoms with E-state index in [1.165, 1.54) is 5.56 Å². The van der Waals surface area contributed by atoms with Crippen molar-refractivity contribution in [1.29, 1.82) is 0 Å². The second kappa shape index (κ2) is 6.36. The molecule has 0 aliphatic heterocycles. The van der Waals surface area contributed by atoms with Gasteiger partial charge in [0.25, 0.3) is 0 Å². The molecule has 0 heterocycles. The zero-order chi connectivity index (χ0) is 12.8. The van der Waals surface area contributed by atoms with Crippen LogP contribution in [0.3, 0.4) is 0 Å². The third kappa shape index (κ3) is 3.82. The summed E-state index contributed by atoms with van der Waals surface area (Å²) in [5.74, 6) is 0.0394. The summed E-state index contributed by atoms with van der Waals surface area (Å²) in [5, 5.41) is 0. The van der Waals surface area contributed by atoms with Crippen LogP contribution in [0.4, 0.5) is 0 Å². The standard InChI is InChI=1S/C15H20O2/c1-5-6-9-17-13(4)15(16)14-8-7-11(2)12(3)10-14/h5-8,10,13H,9H2,1-4H3/b6-5+. The summed E-state index contributed by atoms with van der Waals surface area (Å²) in [4.78, 5) is 12.1. The highest BCUT2D eigenvalue weighted by atomic mass is 16.5. The molecule has 0 spiro atoms. The number of allylic oxidation sites excluding steroid dienone is 1. The molecule has 0 saturated carbocycles. The molecule has 0 saturated heterocycles. The molecule has 1 aromatic rings. The van der Waals surface area contributed by atoms with Crippen molar-refractivity contribution in [3.8, 4) is 0 Å². The number of ketones is 1. The largest absolute Gasteiger partial charge is 0.366 e. The number of hydrogen-bond donors (Lipinski definition) is 0. The second-order valence-corrected chi connectivity index (χ2v) is 4.21. The number of Topliss-reactive ketones (excluding diaryl/α,β-unsaturated/α-hetero) is 1. The molecule has 2 heteroatoms. The topological polar surface area (TPSA) is 26.3 Å². The summed E-state index contributed by atoms with van der Waals surface area (Å²) in [7, 11) is 0. The third-order valence-corrected chi connectivity index (χ3v) is 2.84. The molecule has 0 bridgehead atoms. The highest BCUT2D eigenvalue weighted by Crippen LogP contribution is 2.12. The molecule has 1 rings (SSSR count). The lowest BCUT2D eigenvalue weighted by molar-refractivity contribution is 0.0566. The molecule has 1 atom stereocenters. The summed E-state index contributed by atoms with van der Waals surface area (Å²) >= 11 is 0. The molecular formula is C15H20O2. The number of carbonyl (C=O) groups is 1. The van der Waals surface area contributed by atoms with Crippen molar-refractivity contribution in [2.75, 3.05) is 6.61 Å². The molecule has 0 amide bonds. The number of hydrogen-bond acceptors (Lipinski definition) is 2. The minimum absolute atomic E-state index is 0.0394. The Morgan fingerprint density at radius 1 is 1.35 bits per heavy atom. The van der Waals surface area contributed by atoms with Crippen molar-refractivity contribution in [2.24, 2.45) is 0 Å². The maximum atomic E-state index is 12.1. The average molecular weight is 232 g/mol. The highest BCUT2D eigenvalue weighted by Gasteiger charge is 2.15. The monoisotopic (exact) mass is 232 g/mol. The van der Waals surface area contributed by atoms with E-state index in [0.29, 0.717) is 6.61 Å². The predicted octanol–water partition coefficient (Wildman–Crippen LogP) is 3.47. The van der Waals surface area contributed by atoms with Gasteiger partial charge in [0.15, 0.2) is 5.78 Å². The number of aryl methyl sites for hydroxylation is 2. The van der Waals surface area contributed by atoms with Crippen molar-refractivity contribution in [3.63, 3.8) is 0 Å². The molecule has 0 aliphatic rings. The molecule has 2 nitrogen and oxygen atoms in total. The van der Waals surface area contributed by atoms with Gasteiger partial charge in [-0.3, -0.25) is 4.79 Å². The molecule has 0 N–H and O–H groups in total. The smallest absolute Gasteiger partial charge is 0.191 e. The zero-order valence-electron chi connectivity index (χ0n) is 11.0. The normalized spacial score (nSPS) is 12.9. The van der Waals surface area contributed by atoms with Crippen molar-refractivity contribution in [2.45, 2.75) is 33.8 Å². The van der Waals surface area contributed by atoms with Gasteiger partial charge in [-0.25, -0.2) is 0 Å². The molecule has 0 aliphatic carbocycles. The van der Waals surface area contributed by atoms with E-state index in [-0.39, 0.29) is 5.78 Å². The van der Waals surface area contributed by atoms with Crippen LogP contribution in [0.1, 0.15) is 35.3 Å². The zero-order valence-corrected chi connectivity index (χ0v) is 11.0. The lowest BCUT2D eigenvalue weighted by Crippen LogP contribution is -2.21. The Bertz CT molecular complexity index is 419. The Hall–Kier alpha value is -1.41. The Morgan fingerprint density at radius 3 is 2.65 bits per heavy atom.